The molecule has 1 aromatic rings. The molecule has 1 aromatic carbocycles. The van der Waals surface area contributed by atoms with E-state index in [0.29, 0.717) is 0 Å². The Bertz CT molecular complexity index is 437. The average molecular weight is 247 g/mol. The number of ether oxygens (including phenoxy) is 1. The maximum atomic E-state index is 5.68. The molecule has 2 nitrogen and oxygen atoms in total. The minimum absolute atomic E-state index is 0.749. The standard InChI is InChI=1S/C16H25NO/c1-11-13-7-4-5-8-14(13)12(2)16(18-3)15(11)9-6-10-17/h4-10,17H2,1-3H3. The normalized spacial score (nSPS) is 14.4. The van der Waals surface area contributed by atoms with Crippen LogP contribution in [0.25, 0.3) is 0 Å². The van der Waals surface area contributed by atoms with E-state index in [4.69, 9.17) is 10.5 Å². The number of hydrogen-bond acceptors (Lipinski definition) is 2. The molecule has 1 aliphatic rings. The highest BCUT2D eigenvalue weighted by Crippen LogP contribution is 2.37. The van der Waals surface area contributed by atoms with Gasteiger partial charge in [0.15, 0.2) is 0 Å². The van der Waals surface area contributed by atoms with E-state index in [1.807, 2.05) is 0 Å². The van der Waals surface area contributed by atoms with Crippen LogP contribution in [0.5, 0.6) is 5.75 Å². The lowest BCUT2D eigenvalue weighted by Crippen LogP contribution is -2.12. The van der Waals surface area contributed by atoms with Gasteiger partial charge in [-0.25, -0.2) is 0 Å². The molecule has 0 fully saturated rings. The quantitative estimate of drug-likeness (QED) is 0.887. The lowest BCUT2D eigenvalue weighted by molar-refractivity contribution is 0.404. The van der Waals surface area contributed by atoms with Crippen molar-refractivity contribution in [2.75, 3.05) is 13.7 Å². The van der Waals surface area contributed by atoms with Gasteiger partial charge in [0.05, 0.1) is 7.11 Å². The predicted molar refractivity (Wildman–Crippen MR) is 76.5 cm³/mol. The smallest absolute Gasteiger partial charge is 0.125 e. The summed E-state index contributed by atoms with van der Waals surface area (Å²) in [6, 6.07) is 0. The SMILES string of the molecule is COc1c(C)c2c(c(C)c1CCCN)CCCC2. The van der Waals surface area contributed by atoms with Crippen LogP contribution in [-0.4, -0.2) is 13.7 Å². The molecule has 0 heterocycles. The largest absolute Gasteiger partial charge is 0.496 e. The highest BCUT2D eigenvalue weighted by Gasteiger charge is 2.21. The minimum atomic E-state index is 0.749. The van der Waals surface area contributed by atoms with E-state index in [1.54, 1.807) is 18.2 Å². The third-order valence-corrected chi connectivity index (χ3v) is 4.28. The molecule has 0 radical (unpaired) electrons. The number of benzene rings is 1. The summed E-state index contributed by atoms with van der Waals surface area (Å²) in [6.45, 7) is 5.23. The first-order valence-electron chi connectivity index (χ1n) is 7.08. The zero-order valence-corrected chi connectivity index (χ0v) is 11.9. The van der Waals surface area contributed by atoms with Gasteiger partial charge in [-0.2, -0.15) is 0 Å². The van der Waals surface area contributed by atoms with Crippen molar-refractivity contribution < 1.29 is 4.74 Å². The number of rotatable bonds is 4. The third-order valence-electron chi connectivity index (χ3n) is 4.28. The Labute approximate surface area is 111 Å². The topological polar surface area (TPSA) is 35.2 Å². The third kappa shape index (κ3) is 2.26. The van der Waals surface area contributed by atoms with Crippen LogP contribution in [0.15, 0.2) is 0 Å². The van der Waals surface area contributed by atoms with Gasteiger partial charge < -0.3 is 10.5 Å². The molecule has 0 bridgehead atoms. The fourth-order valence-electron chi connectivity index (χ4n) is 3.30. The first-order valence-corrected chi connectivity index (χ1v) is 7.08. The second-order valence-electron chi connectivity index (χ2n) is 5.32. The molecule has 2 heteroatoms. The molecule has 0 amide bonds. The van der Waals surface area contributed by atoms with Crippen LogP contribution in [0.4, 0.5) is 0 Å². The molecule has 1 aliphatic carbocycles. The highest BCUT2D eigenvalue weighted by atomic mass is 16.5. The zero-order chi connectivity index (χ0) is 13.1. The Hall–Kier alpha value is -1.02. The minimum Gasteiger partial charge on any atom is -0.496 e. The summed E-state index contributed by atoms with van der Waals surface area (Å²) in [5.74, 6) is 1.11. The monoisotopic (exact) mass is 247 g/mol. The first-order chi connectivity index (χ1) is 8.70. The molecule has 0 aromatic heterocycles. The van der Waals surface area contributed by atoms with E-state index in [9.17, 15) is 0 Å². The molecule has 18 heavy (non-hydrogen) atoms. The molecule has 100 valence electrons. The summed E-state index contributed by atoms with van der Waals surface area (Å²) in [7, 11) is 1.79. The van der Waals surface area contributed by atoms with Gasteiger partial charge in [0, 0.05) is 0 Å². The Morgan fingerprint density at radius 1 is 1.06 bits per heavy atom. The van der Waals surface area contributed by atoms with Gasteiger partial charge in [-0.1, -0.05) is 0 Å². The van der Waals surface area contributed by atoms with E-state index in [1.165, 1.54) is 42.4 Å². The van der Waals surface area contributed by atoms with Crippen LogP contribution in [0.1, 0.15) is 47.1 Å². The Morgan fingerprint density at radius 3 is 2.22 bits per heavy atom. The lowest BCUT2D eigenvalue weighted by atomic mass is 9.82. The van der Waals surface area contributed by atoms with E-state index in [0.717, 1.165) is 25.1 Å². The van der Waals surface area contributed by atoms with E-state index < -0.39 is 0 Å². The number of hydrogen-bond donors (Lipinski definition) is 1. The molecule has 2 rings (SSSR count). The van der Waals surface area contributed by atoms with E-state index in [-0.39, 0.29) is 0 Å². The Balaban J connectivity index is 2.53. The highest BCUT2D eigenvalue weighted by molar-refractivity contribution is 5.55. The van der Waals surface area contributed by atoms with Crippen molar-refractivity contribution in [1.82, 2.24) is 0 Å². The van der Waals surface area contributed by atoms with Gasteiger partial charge in [-0.3, -0.25) is 0 Å². The van der Waals surface area contributed by atoms with E-state index in [2.05, 4.69) is 13.8 Å². The lowest BCUT2D eigenvalue weighted by Gasteiger charge is -2.26. The number of fused-ring (bicyclic) bond motifs is 1. The fraction of sp³-hybridized carbons (Fsp3) is 0.625. The molecule has 0 saturated heterocycles. The second kappa shape index (κ2) is 5.75. The molecule has 0 saturated carbocycles. The zero-order valence-electron chi connectivity index (χ0n) is 11.9. The van der Waals surface area contributed by atoms with Gasteiger partial charge >= 0.3 is 0 Å². The summed E-state index contributed by atoms with van der Waals surface area (Å²) < 4.78 is 5.68. The predicted octanol–water partition coefficient (Wildman–Crippen LogP) is 3.08. The molecule has 0 spiro atoms. The van der Waals surface area contributed by atoms with Crippen molar-refractivity contribution in [2.45, 2.75) is 52.4 Å². The average Bonchev–Trinajstić information content (AvgIpc) is 2.41. The van der Waals surface area contributed by atoms with Crippen molar-refractivity contribution in [3.8, 4) is 5.75 Å². The van der Waals surface area contributed by atoms with Crippen LogP contribution in [0.3, 0.4) is 0 Å². The van der Waals surface area contributed by atoms with Gasteiger partial charge in [-0.15, -0.1) is 0 Å². The maximum absolute atomic E-state index is 5.68. The summed E-state index contributed by atoms with van der Waals surface area (Å²) in [5, 5.41) is 0. The maximum Gasteiger partial charge on any atom is 0.125 e. The van der Waals surface area contributed by atoms with Crippen molar-refractivity contribution in [1.29, 1.82) is 0 Å². The first kappa shape index (κ1) is 13.4. The van der Waals surface area contributed by atoms with Crippen LogP contribution >= 0.6 is 0 Å². The molecule has 0 atom stereocenters. The summed E-state index contributed by atoms with van der Waals surface area (Å²) in [6.07, 6.45) is 7.18. The molecular formula is C16H25NO. The summed E-state index contributed by atoms with van der Waals surface area (Å²) in [4.78, 5) is 0. The number of methoxy groups -OCH3 is 1. The molecular weight excluding hydrogens is 222 g/mol. The van der Waals surface area contributed by atoms with Gasteiger partial charge in [-0.05, 0) is 86.7 Å². The second-order valence-corrected chi connectivity index (χ2v) is 5.32. The van der Waals surface area contributed by atoms with Crippen molar-refractivity contribution in [3.05, 3.63) is 27.8 Å². The van der Waals surface area contributed by atoms with Crippen LogP contribution in [0.2, 0.25) is 0 Å². The van der Waals surface area contributed by atoms with Gasteiger partial charge in [0.25, 0.3) is 0 Å². The number of nitrogens with two attached hydrogens (primary N) is 1. The van der Waals surface area contributed by atoms with Crippen LogP contribution < -0.4 is 10.5 Å². The Kier molecular flexibility index (Phi) is 4.28. The van der Waals surface area contributed by atoms with Crippen molar-refractivity contribution >= 4 is 0 Å². The van der Waals surface area contributed by atoms with Crippen LogP contribution in [0, 0.1) is 13.8 Å². The molecule has 2 N–H and O–H groups in total. The molecule has 0 unspecified atom stereocenters. The van der Waals surface area contributed by atoms with Gasteiger partial charge in [0.2, 0.25) is 0 Å². The van der Waals surface area contributed by atoms with Crippen molar-refractivity contribution in [3.63, 3.8) is 0 Å². The summed E-state index contributed by atoms with van der Waals surface area (Å²) >= 11 is 0. The Morgan fingerprint density at radius 2 is 1.67 bits per heavy atom. The molecule has 0 aliphatic heterocycles. The summed E-state index contributed by atoms with van der Waals surface area (Å²) in [5.41, 5.74) is 13.0. The van der Waals surface area contributed by atoms with E-state index >= 15 is 0 Å². The van der Waals surface area contributed by atoms with Crippen LogP contribution in [-0.2, 0) is 19.3 Å². The van der Waals surface area contributed by atoms with Gasteiger partial charge in [0.1, 0.15) is 5.75 Å². The fourth-order valence-corrected chi connectivity index (χ4v) is 3.30. The van der Waals surface area contributed by atoms with Crippen molar-refractivity contribution in [2.24, 2.45) is 5.73 Å².